The maximum atomic E-state index is 14.3. The number of rotatable bonds is 7. The summed E-state index contributed by atoms with van der Waals surface area (Å²) in [4.78, 5) is 29.8. The highest BCUT2D eigenvalue weighted by Crippen LogP contribution is 2.35. The first-order valence-corrected chi connectivity index (χ1v) is 14.5. The zero-order valence-corrected chi connectivity index (χ0v) is 23.7. The molecule has 3 N–H and O–H groups in total. The second kappa shape index (κ2) is 11.3. The van der Waals surface area contributed by atoms with Crippen LogP contribution in [0.5, 0.6) is 5.75 Å². The van der Waals surface area contributed by atoms with E-state index in [4.69, 9.17) is 9.72 Å². The molecular formula is C33H30FN7O2. The normalized spacial score (nSPS) is 13.9. The second-order valence-corrected chi connectivity index (χ2v) is 11.1. The lowest BCUT2D eigenvalue weighted by molar-refractivity contribution is -0.117. The van der Waals surface area contributed by atoms with Crippen LogP contribution in [0.1, 0.15) is 38.5 Å². The fraction of sp³-hybridized carbons (Fsp3) is 0.242. The van der Waals surface area contributed by atoms with E-state index in [0.29, 0.717) is 51.9 Å². The number of pyridine rings is 3. The molecule has 0 spiro atoms. The van der Waals surface area contributed by atoms with E-state index in [9.17, 15) is 9.18 Å². The number of carbonyl (C=O) groups excluding carboxylic acids is 1. The van der Waals surface area contributed by atoms with Crippen molar-refractivity contribution in [2.24, 2.45) is 5.92 Å². The number of anilines is 1. The van der Waals surface area contributed by atoms with Crippen molar-refractivity contribution in [2.45, 2.75) is 38.5 Å². The van der Waals surface area contributed by atoms with Gasteiger partial charge in [-0.15, -0.1) is 0 Å². The van der Waals surface area contributed by atoms with Gasteiger partial charge < -0.3 is 15.0 Å². The average Bonchev–Trinajstić information content (AvgIpc) is 3.65. The molecule has 9 nitrogen and oxygen atoms in total. The van der Waals surface area contributed by atoms with Crippen LogP contribution in [-0.4, -0.2) is 43.2 Å². The van der Waals surface area contributed by atoms with Crippen LogP contribution in [0.3, 0.4) is 0 Å². The number of H-pyrrole nitrogens is 2. The van der Waals surface area contributed by atoms with Crippen LogP contribution in [0.2, 0.25) is 0 Å². The number of nitrogens with one attached hydrogen (secondary N) is 3. The molecule has 7 rings (SSSR count). The smallest absolute Gasteiger partial charge is 0.224 e. The van der Waals surface area contributed by atoms with Crippen molar-refractivity contribution in [1.29, 1.82) is 0 Å². The number of nitrogens with zero attached hydrogens (tertiary/aromatic N) is 4. The van der Waals surface area contributed by atoms with Crippen molar-refractivity contribution in [1.82, 2.24) is 30.1 Å². The van der Waals surface area contributed by atoms with E-state index >= 15 is 0 Å². The molecule has 6 aromatic rings. The summed E-state index contributed by atoms with van der Waals surface area (Å²) in [5.41, 5.74) is 7.05. The molecule has 10 heteroatoms. The van der Waals surface area contributed by atoms with Crippen LogP contribution < -0.4 is 10.1 Å². The van der Waals surface area contributed by atoms with Crippen molar-refractivity contribution >= 4 is 33.7 Å². The number of ether oxygens (including phenoxy) is 1. The summed E-state index contributed by atoms with van der Waals surface area (Å²) in [5.74, 6) is 0.538. The van der Waals surface area contributed by atoms with Gasteiger partial charge in [-0.25, -0.2) is 14.4 Å². The van der Waals surface area contributed by atoms with Gasteiger partial charge in [-0.05, 0) is 72.4 Å². The van der Waals surface area contributed by atoms with Gasteiger partial charge in [-0.1, -0.05) is 19.3 Å². The maximum absolute atomic E-state index is 14.3. The molecule has 1 saturated carbocycles. The largest absolute Gasteiger partial charge is 0.497 e. The lowest BCUT2D eigenvalue weighted by Crippen LogP contribution is -2.18. The Labute approximate surface area is 247 Å². The SMILES string of the molecule is COc1cc(F)cc(-c2ccnc3[nH]c(-c4n[nH]c5ccc(-c6cncc(NC(=O)CC7CCCCC7)c6)nc45)cc23)c1. The molecule has 216 valence electrons. The molecule has 0 radical (unpaired) electrons. The minimum absolute atomic E-state index is 0.0230. The fourth-order valence-corrected chi connectivity index (χ4v) is 6.00. The molecule has 43 heavy (non-hydrogen) atoms. The van der Waals surface area contributed by atoms with Crippen LogP contribution in [0.4, 0.5) is 10.1 Å². The van der Waals surface area contributed by atoms with E-state index in [1.165, 1.54) is 38.5 Å². The zero-order chi connectivity index (χ0) is 29.3. The summed E-state index contributed by atoms with van der Waals surface area (Å²) in [6.07, 6.45) is 11.5. The zero-order valence-electron chi connectivity index (χ0n) is 23.7. The van der Waals surface area contributed by atoms with Gasteiger partial charge in [0.2, 0.25) is 5.91 Å². The third kappa shape index (κ3) is 5.43. The molecule has 0 saturated heterocycles. The Morgan fingerprint density at radius 2 is 1.93 bits per heavy atom. The Balaban J connectivity index is 1.20. The van der Waals surface area contributed by atoms with Crippen LogP contribution in [-0.2, 0) is 4.79 Å². The second-order valence-electron chi connectivity index (χ2n) is 11.1. The lowest BCUT2D eigenvalue weighted by Gasteiger charge is -2.20. The highest BCUT2D eigenvalue weighted by atomic mass is 19.1. The van der Waals surface area contributed by atoms with Gasteiger partial charge in [-0.2, -0.15) is 5.10 Å². The van der Waals surface area contributed by atoms with E-state index in [2.05, 4.69) is 30.5 Å². The predicted molar refractivity (Wildman–Crippen MR) is 164 cm³/mol. The van der Waals surface area contributed by atoms with E-state index in [-0.39, 0.29) is 11.7 Å². The van der Waals surface area contributed by atoms with Crippen LogP contribution in [0.25, 0.3) is 55.8 Å². The molecule has 0 aliphatic heterocycles. The number of benzene rings is 1. The van der Waals surface area contributed by atoms with Gasteiger partial charge in [0.05, 0.1) is 35.9 Å². The quantitative estimate of drug-likeness (QED) is 0.184. The first-order valence-electron chi connectivity index (χ1n) is 14.5. The average molecular weight is 576 g/mol. The summed E-state index contributed by atoms with van der Waals surface area (Å²) in [5, 5.41) is 11.5. The van der Waals surface area contributed by atoms with E-state index in [0.717, 1.165) is 40.6 Å². The molecule has 1 aliphatic carbocycles. The van der Waals surface area contributed by atoms with Crippen molar-refractivity contribution in [2.75, 3.05) is 12.4 Å². The third-order valence-electron chi connectivity index (χ3n) is 8.13. The minimum atomic E-state index is -0.382. The number of hydrogen-bond acceptors (Lipinski definition) is 6. The van der Waals surface area contributed by atoms with E-state index in [1.807, 2.05) is 30.3 Å². The van der Waals surface area contributed by atoms with Crippen molar-refractivity contribution < 1.29 is 13.9 Å². The number of hydrogen-bond donors (Lipinski definition) is 3. The number of fused-ring (bicyclic) bond motifs is 2. The Bertz CT molecular complexity index is 1960. The Morgan fingerprint density at radius 3 is 2.79 bits per heavy atom. The molecule has 0 atom stereocenters. The molecule has 1 aromatic carbocycles. The summed E-state index contributed by atoms with van der Waals surface area (Å²) in [6, 6.07) is 14.1. The van der Waals surface area contributed by atoms with Gasteiger partial charge in [0.15, 0.2) is 0 Å². The van der Waals surface area contributed by atoms with Crippen LogP contribution in [0.15, 0.2) is 67.1 Å². The maximum Gasteiger partial charge on any atom is 0.224 e. The van der Waals surface area contributed by atoms with Crippen LogP contribution >= 0.6 is 0 Å². The minimum Gasteiger partial charge on any atom is -0.497 e. The first-order chi connectivity index (χ1) is 21.0. The fourth-order valence-electron chi connectivity index (χ4n) is 6.00. The summed E-state index contributed by atoms with van der Waals surface area (Å²) in [6.45, 7) is 0. The first kappa shape index (κ1) is 26.8. The molecular weight excluding hydrogens is 545 g/mol. The molecule has 0 unspecified atom stereocenters. The van der Waals surface area contributed by atoms with Crippen molar-refractivity contribution in [3.8, 4) is 39.5 Å². The molecule has 1 amide bonds. The molecule has 1 aliphatic rings. The molecule has 1 fully saturated rings. The summed E-state index contributed by atoms with van der Waals surface area (Å²) in [7, 11) is 1.51. The molecule has 0 bridgehead atoms. The number of carbonyl (C=O) groups is 1. The van der Waals surface area contributed by atoms with Gasteiger partial charge in [0.25, 0.3) is 0 Å². The Kier molecular flexibility index (Phi) is 7.02. The third-order valence-corrected chi connectivity index (χ3v) is 8.13. The summed E-state index contributed by atoms with van der Waals surface area (Å²) < 4.78 is 19.6. The highest BCUT2D eigenvalue weighted by molar-refractivity contribution is 5.99. The Morgan fingerprint density at radius 1 is 1.05 bits per heavy atom. The van der Waals surface area contributed by atoms with E-state index in [1.54, 1.807) is 24.7 Å². The number of halogens is 1. The number of methoxy groups -OCH3 is 1. The van der Waals surface area contributed by atoms with Gasteiger partial charge in [0.1, 0.15) is 28.4 Å². The predicted octanol–water partition coefficient (Wildman–Crippen LogP) is 7.29. The number of aromatic amines is 2. The van der Waals surface area contributed by atoms with Crippen molar-refractivity contribution in [3.05, 3.63) is 72.9 Å². The van der Waals surface area contributed by atoms with Crippen molar-refractivity contribution in [3.63, 3.8) is 0 Å². The Hall–Kier alpha value is -5.12. The lowest BCUT2D eigenvalue weighted by atomic mass is 9.87. The van der Waals surface area contributed by atoms with E-state index < -0.39 is 0 Å². The monoisotopic (exact) mass is 575 g/mol. The number of aromatic nitrogens is 6. The highest BCUT2D eigenvalue weighted by Gasteiger charge is 2.19. The summed E-state index contributed by atoms with van der Waals surface area (Å²) >= 11 is 0. The molecule has 5 heterocycles. The topological polar surface area (TPSA) is 121 Å². The molecule has 5 aromatic heterocycles. The van der Waals surface area contributed by atoms with Crippen LogP contribution in [0, 0.1) is 11.7 Å². The van der Waals surface area contributed by atoms with Gasteiger partial charge >= 0.3 is 0 Å². The number of amides is 1. The van der Waals surface area contributed by atoms with Gasteiger partial charge in [-0.3, -0.25) is 14.9 Å². The van der Waals surface area contributed by atoms with Gasteiger partial charge in [0, 0.05) is 35.8 Å². The standard InChI is InChI=1S/C33H30FN7O2/c1-43-24-14-20(12-22(34)15-24)25-9-10-36-33-26(25)16-29(39-33)32-31-28(40-41-32)8-7-27(38-31)21-13-23(18-35-17-21)37-30(42)11-19-5-3-2-4-6-19/h7-10,12-19H,2-6,11H2,1H3,(H,36,39)(H,37,42)(H,40,41).